The largest absolute Gasteiger partial charge is 0.383 e. The molecule has 0 bridgehead atoms. The van der Waals surface area contributed by atoms with Gasteiger partial charge in [-0.1, -0.05) is 13.3 Å². The average Bonchev–Trinajstić information content (AvgIpc) is 2.32. The average molecular weight is 354 g/mol. The van der Waals surface area contributed by atoms with Crippen molar-refractivity contribution in [1.29, 1.82) is 0 Å². The lowest BCUT2D eigenvalue weighted by molar-refractivity contribution is 0.171. The molecule has 19 heavy (non-hydrogen) atoms. The Hall–Kier alpha value is -0.500. The smallest absolute Gasteiger partial charge is 0.241 e. The summed E-state index contributed by atoms with van der Waals surface area (Å²) in [6.45, 7) is 2.24. The summed E-state index contributed by atoms with van der Waals surface area (Å²) >= 11 is 2.99. The van der Waals surface area contributed by atoms with Crippen LogP contribution in [0.5, 0.6) is 0 Å². The fourth-order valence-corrected chi connectivity index (χ4v) is 3.17. The fraction of sp³-hybridized carbons (Fsp3) is 0.500. The molecule has 1 aromatic carbocycles. The summed E-state index contributed by atoms with van der Waals surface area (Å²) in [6.07, 6.45) is 1.48. The molecule has 0 aliphatic rings. The lowest BCUT2D eigenvalue weighted by atomic mass is 10.2. The molecule has 0 radical (unpaired) electrons. The third-order valence-corrected chi connectivity index (χ3v) is 4.69. The number of rotatable bonds is 7. The maximum absolute atomic E-state index is 13.4. The Morgan fingerprint density at radius 2 is 2.16 bits per heavy atom. The van der Waals surface area contributed by atoms with E-state index >= 15 is 0 Å². The first-order valence-corrected chi connectivity index (χ1v) is 8.14. The lowest BCUT2D eigenvalue weighted by Crippen LogP contribution is -2.37. The van der Waals surface area contributed by atoms with E-state index in [-0.39, 0.29) is 22.0 Å². The van der Waals surface area contributed by atoms with Gasteiger partial charge in [-0.05, 0) is 40.5 Å². The number of ether oxygens (including phenoxy) is 1. The Balaban J connectivity index is 2.92. The second-order valence-electron chi connectivity index (χ2n) is 4.14. The number of benzene rings is 1. The van der Waals surface area contributed by atoms with Crippen LogP contribution in [0.4, 0.5) is 4.39 Å². The van der Waals surface area contributed by atoms with Gasteiger partial charge in [-0.15, -0.1) is 0 Å². The zero-order valence-electron chi connectivity index (χ0n) is 10.8. The van der Waals surface area contributed by atoms with Crippen LogP contribution in [-0.4, -0.2) is 28.2 Å². The molecule has 1 rings (SSSR count). The van der Waals surface area contributed by atoms with E-state index in [1.165, 1.54) is 19.2 Å². The molecule has 7 heteroatoms. The maximum Gasteiger partial charge on any atom is 0.241 e. The summed E-state index contributed by atoms with van der Waals surface area (Å²) in [6, 6.07) is 3.40. The van der Waals surface area contributed by atoms with Crippen LogP contribution < -0.4 is 4.72 Å². The van der Waals surface area contributed by atoms with Gasteiger partial charge in [0.2, 0.25) is 10.0 Å². The molecule has 0 amide bonds. The molecule has 1 unspecified atom stereocenters. The molecule has 0 aliphatic carbocycles. The molecule has 0 spiro atoms. The molecule has 0 heterocycles. The normalized spacial score (nSPS) is 13.5. The Bertz CT molecular complexity index is 516. The molecule has 1 N–H and O–H groups in total. The van der Waals surface area contributed by atoms with Crippen LogP contribution in [0.3, 0.4) is 0 Å². The van der Waals surface area contributed by atoms with Crippen LogP contribution >= 0.6 is 15.9 Å². The highest BCUT2D eigenvalue weighted by Gasteiger charge is 2.20. The Morgan fingerprint density at radius 3 is 2.68 bits per heavy atom. The summed E-state index contributed by atoms with van der Waals surface area (Å²) in [5.74, 6) is -0.610. The van der Waals surface area contributed by atoms with Crippen molar-refractivity contribution in [3.8, 4) is 0 Å². The SMILES string of the molecule is CCCC(COC)NS(=O)(=O)c1ccc(Br)c(F)c1. The summed E-state index contributed by atoms with van der Waals surface area (Å²) in [5.41, 5.74) is 0. The third kappa shape index (κ3) is 4.83. The standard InChI is InChI=1S/C12H17BrFNO3S/c1-3-4-9(8-18-2)15-19(16,17)10-5-6-11(13)12(14)7-10/h5-7,9,15H,3-4,8H2,1-2H3. The van der Waals surface area contributed by atoms with Gasteiger partial charge in [0.25, 0.3) is 0 Å². The highest BCUT2D eigenvalue weighted by Crippen LogP contribution is 2.19. The van der Waals surface area contributed by atoms with E-state index in [4.69, 9.17) is 4.74 Å². The van der Waals surface area contributed by atoms with Crippen molar-refractivity contribution >= 4 is 26.0 Å². The molecule has 0 saturated carbocycles. The predicted molar refractivity (Wildman–Crippen MR) is 75.0 cm³/mol. The minimum atomic E-state index is -3.73. The zero-order valence-corrected chi connectivity index (χ0v) is 13.2. The second kappa shape index (κ2) is 7.33. The minimum absolute atomic E-state index is 0.0922. The lowest BCUT2D eigenvalue weighted by Gasteiger charge is -2.17. The Labute approximate surface area is 121 Å². The predicted octanol–water partition coefficient (Wildman–Crippen LogP) is 2.68. The van der Waals surface area contributed by atoms with Gasteiger partial charge in [0, 0.05) is 13.2 Å². The van der Waals surface area contributed by atoms with Crippen molar-refractivity contribution in [2.45, 2.75) is 30.7 Å². The van der Waals surface area contributed by atoms with E-state index in [1.54, 1.807) is 0 Å². The number of methoxy groups -OCH3 is 1. The van der Waals surface area contributed by atoms with E-state index < -0.39 is 15.8 Å². The van der Waals surface area contributed by atoms with E-state index in [2.05, 4.69) is 20.7 Å². The molecule has 1 atom stereocenters. The van der Waals surface area contributed by atoms with Crippen LogP contribution in [0.15, 0.2) is 27.6 Å². The topological polar surface area (TPSA) is 55.4 Å². The van der Waals surface area contributed by atoms with Crippen molar-refractivity contribution in [2.24, 2.45) is 0 Å². The van der Waals surface area contributed by atoms with Gasteiger partial charge >= 0.3 is 0 Å². The molecule has 0 aromatic heterocycles. The molecule has 1 aromatic rings. The number of nitrogens with one attached hydrogen (secondary N) is 1. The quantitative estimate of drug-likeness (QED) is 0.819. The van der Waals surface area contributed by atoms with Crippen molar-refractivity contribution in [2.75, 3.05) is 13.7 Å². The highest BCUT2D eigenvalue weighted by molar-refractivity contribution is 9.10. The van der Waals surface area contributed by atoms with E-state index in [9.17, 15) is 12.8 Å². The van der Waals surface area contributed by atoms with Gasteiger partial charge in [-0.25, -0.2) is 17.5 Å². The van der Waals surface area contributed by atoms with Gasteiger partial charge in [-0.2, -0.15) is 0 Å². The number of sulfonamides is 1. The van der Waals surface area contributed by atoms with Crippen LogP contribution in [0, 0.1) is 5.82 Å². The van der Waals surface area contributed by atoms with Gasteiger partial charge in [-0.3, -0.25) is 0 Å². The first kappa shape index (κ1) is 16.6. The van der Waals surface area contributed by atoms with Crippen molar-refractivity contribution in [3.05, 3.63) is 28.5 Å². The van der Waals surface area contributed by atoms with Crippen molar-refractivity contribution < 1.29 is 17.5 Å². The van der Waals surface area contributed by atoms with E-state index in [0.29, 0.717) is 6.42 Å². The van der Waals surface area contributed by atoms with E-state index in [1.807, 2.05) is 6.92 Å². The van der Waals surface area contributed by atoms with Gasteiger partial charge in [0.1, 0.15) is 5.82 Å². The Morgan fingerprint density at radius 1 is 1.47 bits per heavy atom. The van der Waals surface area contributed by atoms with Crippen LogP contribution in [0.2, 0.25) is 0 Å². The fourth-order valence-electron chi connectivity index (χ4n) is 1.66. The Kier molecular flexibility index (Phi) is 6.38. The monoisotopic (exact) mass is 353 g/mol. The first-order chi connectivity index (χ1) is 8.90. The van der Waals surface area contributed by atoms with Gasteiger partial charge in [0.15, 0.2) is 0 Å². The molecule has 0 aliphatic heterocycles. The van der Waals surface area contributed by atoms with Crippen molar-refractivity contribution in [3.63, 3.8) is 0 Å². The maximum atomic E-state index is 13.4. The third-order valence-electron chi connectivity index (χ3n) is 2.53. The van der Waals surface area contributed by atoms with Gasteiger partial charge in [0.05, 0.1) is 16.0 Å². The highest BCUT2D eigenvalue weighted by atomic mass is 79.9. The number of halogens is 2. The molecular formula is C12H17BrFNO3S. The van der Waals surface area contributed by atoms with Gasteiger partial charge < -0.3 is 4.74 Å². The van der Waals surface area contributed by atoms with Crippen LogP contribution in [0.1, 0.15) is 19.8 Å². The minimum Gasteiger partial charge on any atom is -0.383 e. The molecule has 108 valence electrons. The van der Waals surface area contributed by atoms with Crippen LogP contribution in [0.25, 0.3) is 0 Å². The molecule has 4 nitrogen and oxygen atoms in total. The molecular weight excluding hydrogens is 337 g/mol. The van der Waals surface area contributed by atoms with Crippen molar-refractivity contribution in [1.82, 2.24) is 4.72 Å². The number of hydrogen-bond donors (Lipinski definition) is 1. The summed E-state index contributed by atoms with van der Waals surface area (Å²) in [5, 5.41) is 0. The molecule has 0 saturated heterocycles. The summed E-state index contributed by atoms with van der Waals surface area (Å²) < 4.78 is 45.3. The summed E-state index contributed by atoms with van der Waals surface area (Å²) in [4.78, 5) is -0.0922. The zero-order chi connectivity index (χ0) is 14.5. The van der Waals surface area contributed by atoms with Crippen LogP contribution in [-0.2, 0) is 14.8 Å². The summed E-state index contributed by atoms with van der Waals surface area (Å²) in [7, 11) is -2.22. The second-order valence-corrected chi connectivity index (χ2v) is 6.71. The molecule has 0 fully saturated rings. The van der Waals surface area contributed by atoms with E-state index in [0.717, 1.165) is 12.5 Å². The number of hydrogen-bond acceptors (Lipinski definition) is 3. The first-order valence-electron chi connectivity index (χ1n) is 5.87.